The quantitative estimate of drug-likeness (QED) is 0.597. The molecule has 1 aromatic carbocycles. The first kappa shape index (κ1) is 26.0. The number of hydrogen-bond donors (Lipinski definition) is 1. The smallest absolute Gasteiger partial charge is 0.234 e. The maximum Gasteiger partial charge on any atom is 0.234 e. The summed E-state index contributed by atoms with van der Waals surface area (Å²) in [7, 11) is 1.63. The molecule has 8 nitrogen and oxygen atoms in total. The number of rotatable bonds is 9. The first-order valence-corrected chi connectivity index (χ1v) is 12.6. The van der Waals surface area contributed by atoms with Crippen LogP contribution in [0.2, 0.25) is 0 Å². The van der Waals surface area contributed by atoms with Crippen molar-refractivity contribution in [1.29, 1.82) is 0 Å². The number of amides is 3. The fourth-order valence-corrected chi connectivity index (χ4v) is 5.03. The first-order chi connectivity index (χ1) is 16.3. The second kappa shape index (κ2) is 12.2. The molecule has 2 aliphatic heterocycles. The molecule has 0 bridgehead atoms. The summed E-state index contributed by atoms with van der Waals surface area (Å²) in [5, 5.41) is 2.93. The monoisotopic (exact) mass is 472 g/mol. The molecule has 1 aromatic rings. The number of benzene rings is 1. The zero-order chi connectivity index (χ0) is 24.7. The Morgan fingerprint density at radius 3 is 2.50 bits per heavy atom. The molecule has 2 aliphatic rings. The van der Waals surface area contributed by atoms with Gasteiger partial charge in [-0.3, -0.25) is 19.3 Å². The molecule has 2 atom stereocenters. The van der Waals surface area contributed by atoms with Crippen molar-refractivity contribution < 1.29 is 19.1 Å². The van der Waals surface area contributed by atoms with Gasteiger partial charge in [-0.1, -0.05) is 31.5 Å². The van der Waals surface area contributed by atoms with Gasteiger partial charge in [-0.15, -0.1) is 0 Å². The van der Waals surface area contributed by atoms with Gasteiger partial charge in [0.25, 0.3) is 0 Å². The number of methoxy groups -OCH3 is 1. The van der Waals surface area contributed by atoms with Gasteiger partial charge in [0.05, 0.1) is 25.6 Å². The number of piperidine rings is 1. The minimum atomic E-state index is -0.328. The van der Waals surface area contributed by atoms with Gasteiger partial charge in [0.15, 0.2) is 0 Å². The highest BCUT2D eigenvalue weighted by atomic mass is 16.5. The van der Waals surface area contributed by atoms with E-state index in [1.807, 2.05) is 47.9 Å². The Balaban J connectivity index is 1.76. The maximum atomic E-state index is 13.8. The molecule has 34 heavy (non-hydrogen) atoms. The predicted octanol–water partition coefficient (Wildman–Crippen LogP) is 2.44. The lowest BCUT2D eigenvalue weighted by molar-refractivity contribution is -0.149. The van der Waals surface area contributed by atoms with Crippen molar-refractivity contribution in [3.63, 3.8) is 0 Å². The fourth-order valence-electron chi connectivity index (χ4n) is 5.03. The lowest BCUT2D eigenvalue weighted by atomic mass is 9.82. The van der Waals surface area contributed by atoms with Crippen LogP contribution in [0.15, 0.2) is 24.3 Å². The number of para-hydroxylation sites is 1. The molecule has 3 rings (SSSR count). The van der Waals surface area contributed by atoms with Crippen LogP contribution in [-0.2, 0) is 14.4 Å². The van der Waals surface area contributed by atoms with Crippen molar-refractivity contribution in [2.75, 3.05) is 46.4 Å². The van der Waals surface area contributed by atoms with Gasteiger partial charge in [-0.25, -0.2) is 0 Å². The Morgan fingerprint density at radius 1 is 1.15 bits per heavy atom. The Hall–Kier alpha value is -2.61. The van der Waals surface area contributed by atoms with E-state index in [1.54, 1.807) is 7.11 Å². The molecule has 1 N–H and O–H groups in total. The number of nitrogens with zero attached hydrogens (tertiary/aromatic N) is 3. The van der Waals surface area contributed by atoms with Crippen LogP contribution in [-0.4, -0.2) is 84.8 Å². The van der Waals surface area contributed by atoms with Gasteiger partial charge in [0.1, 0.15) is 5.75 Å². The molecule has 8 heteroatoms. The summed E-state index contributed by atoms with van der Waals surface area (Å²) in [5.41, 5.74) is 0.900. The van der Waals surface area contributed by atoms with E-state index in [0.717, 1.165) is 18.4 Å². The van der Waals surface area contributed by atoms with E-state index in [2.05, 4.69) is 17.1 Å². The molecule has 0 saturated carbocycles. The lowest BCUT2D eigenvalue weighted by Gasteiger charge is -2.44. The molecule has 2 unspecified atom stereocenters. The van der Waals surface area contributed by atoms with Crippen molar-refractivity contribution in [3.05, 3.63) is 29.8 Å². The maximum absolute atomic E-state index is 13.8. The van der Waals surface area contributed by atoms with Gasteiger partial charge >= 0.3 is 0 Å². The third-order valence-electron chi connectivity index (χ3n) is 6.73. The number of hydrogen-bond acceptors (Lipinski definition) is 5. The van der Waals surface area contributed by atoms with E-state index >= 15 is 0 Å². The van der Waals surface area contributed by atoms with Crippen molar-refractivity contribution in [2.24, 2.45) is 5.92 Å². The highest BCUT2D eigenvalue weighted by Gasteiger charge is 2.43. The summed E-state index contributed by atoms with van der Waals surface area (Å²) < 4.78 is 5.63. The van der Waals surface area contributed by atoms with Crippen LogP contribution in [0.1, 0.15) is 58.1 Å². The number of unbranched alkanes of at least 4 members (excludes halogenated alkanes) is 1. The fraction of sp³-hybridized carbons (Fsp3) is 0.654. The number of carbonyl (C=O) groups excluding carboxylic acids is 3. The van der Waals surface area contributed by atoms with E-state index in [1.165, 1.54) is 0 Å². The highest BCUT2D eigenvalue weighted by Crippen LogP contribution is 2.41. The summed E-state index contributed by atoms with van der Waals surface area (Å²) in [6.45, 7) is 9.52. The third-order valence-corrected chi connectivity index (χ3v) is 6.73. The summed E-state index contributed by atoms with van der Waals surface area (Å²) in [6.07, 6.45) is 2.81. The molecule has 0 spiro atoms. The lowest BCUT2D eigenvalue weighted by Crippen LogP contribution is -2.55. The largest absolute Gasteiger partial charge is 0.496 e. The van der Waals surface area contributed by atoms with Gasteiger partial charge in [-0.05, 0) is 32.8 Å². The molecule has 0 aromatic heterocycles. The Labute approximate surface area is 203 Å². The van der Waals surface area contributed by atoms with Gasteiger partial charge < -0.3 is 19.9 Å². The minimum Gasteiger partial charge on any atom is -0.496 e. The molecular formula is C26H40N4O4. The molecule has 2 heterocycles. The Morgan fingerprint density at radius 2 is 1.85 bits per heavy atom. The standard InChI is InChI=1S/C26H40N4O4/c1-5-6-13-30-24(32)12-11-21(25(30)20-9-7-8-10-22(20)34-4)26(33)29-16-14-28(15-17-29)18-23(31)27-19(2)3/h7-10,19,21,25H,5-6,11-18H2,1-4H3,(H,27,31). The zero-order valence-corrected chi connectivity index (χ0v) is 21.1. The number of ether oxygens (including phenoxy) is 1. The van der Waals surface area contributed by atoms with E-state index in [-0.39, 0.29) is 35.7 Å². The number of carbonyl (C=O) groups is 3. The molecule has 0 aliphatic carbocycles. The summed E-state index contributed by atoms with van der Waals surface area (Å²) >= 11 is 0. The third kappa shape index (κ3) is 6.29. The van der Waals surface area contributed by atoms with E-state index in [0.29, 0.717) is 57.9 Å². The van der Waals surface area contributed by atoms with Crippen LogP contribution in [0, 0.1) is 5.92 Å². The van der Waals surface area contributed by atoms with Gasteiger partial charge in [0.2, 0.25) is 17.7 Å². The van der Waals surface area contributed by atoms with Crippen LogP contribution >= 0.6 is 0 Å². The van der Waals surface area contributed by atoms with E-state index in [9.17, 15) is 14.4 Å². The molecule has 3 amide bonds. The van der Waals surface area contributed by atoms with Crippen molar-refractivity contribution in [2.45, 2.75) is 58.5 Å². The molecule has 188 valence electrons. The summed E-state index contributed by atoms with van der Waals surface area (Å²) in [4.78, 5) is 44.8. The van der Waals surface area contributed by atoms with E-state index < -0.39 is 0 Å². The molecular weight excluding hydrogens is 432 g/mol. The predicted molar refractivity (Wildman–Crippen MR) is 131 cm³/mol. The average Bonchev–Trinajstić information content (AvgIpc) is 2.82. The number of likely N-dealkylation sites (tertiary alicyclic amines) is 1. The van der Waals surface area contributed by atoms with Crippen molar-refractivity contribution >= 4 is 17.7 Å². The molecule has 2 saturated heterocycles. The Kier molecular flexibility index (Phi) is 9.33. The molecule has 0 radical (unpaired) electrons. The van der Waals surface area contributed by atoms with Crippen LogP contribution in [0.3, 0.4) is 0 Å². The van der Waals surface area contributed by atoms with Crippen molar-refractivity contribution in [3.8, 4) is 5.75 Å². The van der Waals surface area contributed by atoms with Crippen molar-refractivity contribution in [1.82, 2.24) is 20.0 Å². The topological polar surface area (TPSA) is 82.2 Å². The average molecular weight is 473 g/mol. The second-order valence-corrected chi connectivity index (χ2v) is 9.60. The SMILES string of the molecule is CCCCN1C(=O)CCC(C(=O)N2CCN(CC(=O)NC(C)C)CC2)C1c1ccccc1OC. The van der Waals surface area contributed by atoms with Gasteiger partial charge in [0, 0.05) is 50.7 Å². The Bertz CT molecular complexity index is 851. The van der Waals surface area contributed by atoms with Crippen LogP contribution in [0.4, 0.5) is 0 Å². The summed E-state index contributed by atoms with van der Waals surface area (Å²) in [5.74, 6) is 0.623. The zero-order valence-electron chi connectivity index (χ0n) is 21.1. The van der Waals surface area contributed by atoms with Crippen LogP contribution in [0.25, 0.3) is 0 Å². The van der Waals surface area contributed by atoms with Gasteiger partial charge in [-0.2, -0.15) is 0 Å². The number of nitrogens with one attached hydrogen (secondary N) is 1. The van der Waals surface area contributed by atoms with Crippen LogP contribution in [0.5, 0.6) is 5.75 Å². The minimum absolute atomic E-state index is 0.0170. The first-order valence-electron chi connectivity index (χ1n) is 12.6. The number of piperazine rings is 1. The van der Waals surface area contributed by atoms with E-state index in [4.69, 9.17) is 4.74 Å². The molecule has 2 fully saturated rings. The highest BCUT2D eigenvalue weighted by molar-refractivity contribution is 5.85. The normalized spacial score (nSPS) is 21.6. The second-order valence-electron chi connectivity index (χ2n) is 9.60. The summed E-state index contributed by atoms with van der Waals surface area (Å²) in [6, 6.07) is 7.52. The van der Waals surface area contributed by atoms with Crippen LogP contribution < -0.4 is 10.1 Å².